The topological polar surface area (TPSA) is 50.3 Å². The van der Waals surface area contributed by atoms with Crippen LogP contribution in [0.15, 0.2) is 6.07 Å². The van der Waals surface area contributed by atoms with E-state index in [0.717, 1.165) is 12.4 Å². The van der Waals surface area contributed by atoms with Crippen molar-refractivity contribution in [3.05, 3.63) is 11.9 Å². The van der Waals surface area contributed by atoms with E-state index in [1.165, 1.54) is 0 Å². The van der Waals surface area contributed by atoms with E-state index >= 15 is 0 Å². The summed E-state index contributed by atoms with van der Waals surface area (Å²) in [5.74, 6) is 2.08. The number of nitrogens with one attached hydrogen (secondary N) is 1. The first-order chi connectivity index (χ1) is 7.85. The molecular weight excluding hydrogens is 216 g/mol. The van der Waals surface area contributed by atoms with Crippen molar-refractivity contribution >= 4 is 5.82 Å². The molecule has 0 aliphatic heterocycles. The van der Waals surface area contributed by atoms with Crippen molar-refractivity contribution < 1.29 is 4.74 Å². The molecule has 17 heavy (non-hydrogen) atoms. The molecule has 0 aliphatic carbocycles. The quantitative estimate of drug-likeness (QED) is 0.843. The van der Waals surface area contributed by atoms with Crippen molar-refractivity contribution in [3.8, 4) is 5.88 Å². The molecule has 0 spiro atoms. The highest BCUT2D eigenvalue weighted by Crippen LogP contribution is 2.15. The molecule has 1 aromatic heterocycles. The Morgan fingerprint density at radius 2 is 2.00 bits per heavy atom. The van der Waals surface area contributed by atoms with Crippen molar-refractivity contribution in [2.45, 2.75) is 26.3 Å². The highest BCUT2D eigenvalue weighted by atomic mass is 16.5. The number of aryl methyl sites for hydroxylation is 1. The van der Waals surface area contributed by atoms with Gasteiger partial charge in [0.25, 0.3) is 0 Å². The molecule has 96 valence electrons. The lowest BCUT2D eigenvalue weighted by atomic mass is 10.0. The van der Waals surface area contributed by atoms with Crippen molar-refractivity contribution in [1.82, 2.24) is 14.9 Å². The number of ether oxygens (including phenoxy) is 1. The molecule has 5 heteroatoms. The Labute approximate surface area is 103 Å². The van der Waals surface area contributed by atoms with Gasteiger partial charge in [0.1, 0.15) is 11.6 Å². The average Bonchev–Trinajstić information content (AvgIpc) is 2.25. The minimum Gasteiger partial charge on any atom is -0.481 e. The first kappa shape index (κ1) is 13.7. The zero-order valence-electron chi connectivity index (χ0n) is 11.5. The molecular formula is C12H22N4O. The van der Waals surface area contributed by atoms with Gasteiger partial charge in [-0.25, -0.2) is 4.98 Å². The molecule has 1 rings (SSSR count). The highest BCUT2D eigenvalue weighted by molar-refractivity contribution is 5.38. The van der Waals surface area contributed by atoms with Crippen LogP contribution < -0.4 is 10.1 Å². The number of anilines is 1. The fourth-order valence-electron chi connectivity index (χ4n) is 1.20. The fourth-order valence-corrected chi connectivity index (χ4v) is 1.20. The SMILES string of the molecule is COc1cc(NCC(C)(C)N(C)C)nc(C)n1. The number of aromatic nitrogens is 2. The molecule has 1 heterocycles. The Morgan fingerprint density at radius 3 is 2.53 bits per heavy atom. The molecule has 0 saturated carbocycles. The van der Waals surface area contributed by atoms with Gasteiger partial charge in [-0.05, 0) is 34.9 Å². The second kappa shape index (κ2) is 5.31. The predicted octanol–water partition coefficient (Wildman–Crippen LogP) is 1.55. The Bertz CT molecular complexity index is 377. The maximum atomic E-state index is 5.11. The molecule has 0 saturated heterocycles. The standard InChI is InChI=1S/C12H22N4O/c1-9-14-10(7-11(15-9)17-6)13-8-12(2,3)16(4)5/h7H,8H2,1-6H3,(H,13,14,15). The van der Waals surface area contributed by atoms with Gasteiger partial charge in [0.15, 0.2) is 0 Å². The summed E-state index contributed by atoms with van der Waals surface area (Å²) in [5.41, 5.74) is 0.0616. The minimum absolute atomic E-state index is 0.0616. The number of hydrogen-bond acceptors (Lipinski definition) is 5. The smallest absolute Gasteiger partial charge is 0.218 e. The first-order valence-corrected chi connectivity index (χ1v) is 5.66. The molecule has 5 nitrogen and oxygen atoms in total. The predicted molar refractivity (Wildman–Crippen MR) is 69.6 cm³/mol. The maximum absolute atomic E-state index is 5.11. The van der Waals surface area contributed by atoms with Gasteiger partial charge in [0.2, 0.25) is 5.88 Å². The van der Waals surface area contributed by atoms with Crippen LogP contribution in [0.1, 0.15) is 19.7 Å². The van der Waals surface area contributed by atoms with Gasteiger partial charge in [-0.3, -0.25) is 0 Å². The van der Waals surface area contributed by atoms with Gasteiger partial charge in [0, 0.05) is 18.2 Å². The van der Waals surface area contributed by atoms with Crippen molar-refractivity contribution in [1.29, 1.82) is 0 Å². The normalized spacial score (nSPS) is 11.7. The lowest BCUT2D eigenvalue weighted by Gasteiger charge is -2.32. The number of likely N-dealkylation sites (N-methyl/N-ethyl adjacent to an activating group) is 1. The Kier molecular flexibility index (Phi) is 4.28. The molecule has 0 bridgehead atoms. The maximum Gasteiger partial charge on any atom is 0.218 e. The van der Waals surface area contributed by atoms with Gasteiger partial charge >= 0.3 is 0 Å². The third-order valence-corrected chi connectivity index (χ3v) is 2.94. The number of rotatable bonds is 5. The molecule has 0 aliphatic rings. The van der Waals surface area contributed by atoms with Gasteiger partial charge in [-0.1, -0.05) is 0 Å². The largest absolute Gasteiger partial charge is 0.481 e. The first-order valence-electron chi connectivity index (χ1n) is 5.66. The second-order valence-corrected chi connectivity index (χ2v) is 4.90. The molecule has 1 aromatic rings. The van der Waals surface area contributed by atoms with E-state index in [4.69, 9.17) is 4.74 Å². The second-order valence-electron chi connectivity index (χ2n) is 4.90. The van der Waals surface area contributed by atoms with Crippen molar-refractivity contribution in [2.24, 2.45) is 0 Å². The van der Waals surface area contributed by atoms with E-state index in [0.29, 0.717) is 11.7 Å². The van der Waals surface area contributed by atoms with E-state index < -0.39 is 0 Å². The average molecular weight is 238 g/mol. The zero-order chi connectivity index (χ0) is 13.1. The number of methoxy groups -OCH3 is 1. The summed E-state index contributed by atoms with van der Waals surface area (Å²) in [6, 6.07) is 1.80. The van der Waals surface area contributed by atoms with Crippen LogP contribution in [0.2, 0.25) is 0 Å². The molecule has 0 aromatic carbocycles. The monoisotopic (exact) mass is 238 g/mol. The lowest BCUT2D eigenvalue weighted by molar-refractivity contribution is 0.210. The molecule has 0 atom stereocenters. The summed E-state index contributed by atoms with van der Waals surface area (Å²) in [6.07, 6.45) is 0. The van der Waals surface area contributed by atoms with Crippen LogP contribution in [-0.2, 0) is 0 Å². The Hall–Kier alpha value is -1.36. The van der Waals surface area contributed by atoms with Crippen LogP contribution in [0.3, 0.4) is 0 Å². The van der Waals surface area contributed by atoms with Gasteiger partial charge in [-0.15, -0.1) is 0 Å². The molecule has 0 amide bonds. The summed E-state index contributed by atoms with van der Waals surface area (Å²) in [4.78, 5) is 10.6. The third-order valence-electron chi connectivity index (χ3n) is 2.94. The Morgan fingerprint density at radius 1 is 1.35 bits per heavy atom. The van der Waals surface area contributed by atoms with Crippen LogP contribution in [0.5, 0.6) is 5.88 Å². The van der Waals surface area contributed by atoms with Gasteiger partial charge in [0.05, 0.1) is 7.11 Å². The third kappa shape index (κ3) is 3.85. The van der Waals surface area contributed by atoms with Crippen LogP contribution in [0.25, 0.3) is 0 Å². The molecule has 0 radical (unpaired) electrons. The van der Waals surface area contributed by atoms with E-state index in [1.54, 1.807) is 13.2 Å². The lowest BCUT2D eigenvalue weighted by Crippen LogP contribution is -2.44. The minimum atomic E-state index is 0.0616. The summed E-state index contributed by atoms with van der Waals surface area (Å²) < 4.78 is 5.11. The van der Waals surface area contributed by atoms with Gasteiger partial charge < -0.3 is 15.0 Å². The van der Waals surface area contributed by atoms with Crippen LogP contribution >= 0.6 is 0 Å². The summed E-state index contributed by atoms with van der Waals surface area (Å²) >= 11 is 0. The van der Waals surface area contributed by atoms with E-state index in [9.17, 15) is 0 Å². The summed E-state index contributed by atoms with van der Waals surface area (Å²) in [6.45, 7) is 7.00. The van der Waals surface area contributed by atoms with Gasteiger partial charge in [-0.2, -0.15) is 4.98 Å². The molecule has 0 unspecified atom stereocenters. The van der Waals surface area contributed by atoms with E-state index in [1.807, 2.05) is 6.92 Å². The van der Waals surface area contributed by atoms with Crippen molar-refractivity contribution in [2.75, 3.05) is 33.1 Å². The van der Waals surface area contributed by atoms with Crippen LogP contribution in [0.4, 0.5) is 5.82 Å². The van der Waals surface area contributed by atoms with E-state index in [-0.39, 0.29) is 5.54 Å². The highest BCUT2D eigenvalue weighted by Gasteiger charge is 2.20. The molecule has 1 N–H and O–H groups in total. The number of nitrogens with zero attached hydrogens (tertiary/aromatic N) is 3. The zero-order valence-corrected chi connectivity index (χ0v) is 11.5. The summed E-state index contributed by atoms with van der Waals surface area (Å²) in [5, 5.41) is 3.31. The Balaban J connectivity index is 2.72. The molecule has 0 fully saturated rings. The van der Waals surface area contributed by atoms with Crippen molar-refractivity contribution in [3.63, 3.8) is 0 Å². The fraction of sp³-hybridized carbons (Fsp3) is 0.667. The van der Waals surface area contributed by atoms with Crippen LogP contribution in [0, 0.1) is 6.92 Å². The number of hydrogen-bond donors (Lipinski definition) is 1. The summed E-state index contributed by atoms with van der Waals surface area (Å²) in [7, 11) is 5.73. The van der Waals surface area contributed by atoms with Crippen LogP contribution in [-0.4, -0.2) is 48.2 Å². The van der Waals surface area contributed by atoms with E-state index in [2.05, 4.69) is 48.1 Å².